The molecule has 0 radical (unpaired) electrons. The Morgan fingerprint density at radius 3 is 2.44 bits per heavy atom. The van der Waals surface area contributed by atoms with E-state index in [4.69, 9.17) is 17.0 Å². The number of ether oxygens (including phenoxy) is 1. The molecule has 1 saturated heterocycles. The number of benzene rings is 3. The van der Waals surface area contributed by atoms with Crippen LogP contribution in [-0.2, 0) is 15.8 Å². The highest BCUT2D eigenvalue weighted by Gasteiger charge is 2.36. The topological polar surface area (TPSA) is 58.6 Å². The number of thioether (sulfide) groups is 1. The van der Waals surface area contributed by atoms with Crippen molar-refractivity contribution in [2.24, 2.45) is 0 Å². The lowest BCUT2D eigenvalue weighted by Crippen LogP contribution is -2.27. The third-order valence-electron chi connectivity index (χ3n) is 5.11. The lowest BCUT2D eigenvalue weighted by atomic mass is 10.1. The van der Waals surface area contributed by atoms with Crippen LogP contribution in [0.2, 0.25) is 0 Å². The number of hydrogen-bond donors (Lipinski definition) is 1. The summed E-state index contributed by atoms with van der Waals surface area (Å²) in [6, 6.07) is 18.6. The summed E-state index contributed by atoms with van der Waals surface area (Å²) >= 11 is 6.26. The fourth-order valence-corrected chi connectivity index (χ4v) is 4.61. The van der Waals surface area contributed by atoms with Crippen molar-refractivity contribution in [1.29, 1.82) is 0 Å². The van der Waals surface area contributed by atoms with Gasteiger partial charge in [-0.3, -0.25) is 14.5 Å². The van der Waals surface area contributed by atoms with Gasteiger partial charge in [0.15, 0.2) is 10.9 Å². The Morgan fingerprint density at radius 1 is 1.08 bits per heavy atom. The summed E-state index contributed by atoms with van der Waals surface area (Å²) in [5, 5.41) is 2.74. The molecule has 3 aromatic carbocycles. The quantitative estimate of drug-likeness (QED) is 0.295. The zero-order valence-corrected chi connectivity index (χ0v) is 20.5. The van der Waals surface area contributed by atoms with Crippen molar-refractivity contribution in [2.45, 2.75) is 13.1 Å². The first-order valence-corrected chi connectivity index (χ1v) is 11.9. The molecule has 1 heterocycles. The van der Waals surface area contributed by atoms with Crippen LogP contribution in [0.15, 0.2) is 77.7 Å². The van der Waals surface area contributed by atoms with Crippen LogP contribution < -0.4 is 15.0 Å². The number of carbonyl (C=O) groups excluding carboxylic acids is 2. The number of hydrogen-bond acceptors (Lipinski definition) is 5. The van der Waals surface area contributed by atoms with Gasteiger partial charge in [0.1, 0.15) is 5.75 Å². The third kappa shape index (κ3) is 6.13. The van der Waals surface area contributed by atoms with Crippen LogP contribution in [0.3, 0.4) is 0 Å². The molecule has 1 aliphatic heterocycles. The number of anilines is 2. The van der Waals surface area contributed by atoms with Crippen molar-refractivity contribution in [2.75, 3.05) is 16.8 Å². The zero-order valence-electron chi connectivity index (χ0n) is 18.8. The average molecular weight is 529 g/mol. The first-order valence-electron chi connectivity index (χ1n) is 10.6. The summed E-state index contributed by atoms with van der Waals surface area (Å²) in [5.74, 6) is -0.346. The molecule has 1 fully saturated rings. The van der Waals surface area contributed by atoms with Gasteiger partial charge in [0.25, 0.3) is 11.8 Å². The molecule has 1 aliphatic rings. The molecule has 5 nitrogen and oxygen atoms in total. The van der Waals surface area contributed by atoms with Crippen LogP contribution in [0.5, 0.6) is 5.75 Å². The smallest absolute Gasteiger partial charge is 0.416 e. The lowest BCUT2D eigenvalue weighted by molar-refractivity contribution is -0.137. The Kier molecular flexibility index (Phi) is 7.46. The van der Waals surface area contributed by atoms with Crippen molar-refractivity contribution >= 4 is 57.6 Å². The normalized spacial score (nSPS) is 14.9. The minimum absolute atomic E-state index is 0.0587. The van der Waals surface area contributed by atoms with Gasteiger partial charge in [0, 0.05) is 5.69 Å². The van der Waals surface area contributed by atoms with E-state index in [2.05, 4.69) is 5.32 Å². The summed E-state index contributed by atoms with van der Waals surface area (Å²) < 4.78 is 44.9. The maximum absolute atomic E-state index is 13.1. The van der Waals surface area contributed by atoms with E-state index in [1.165, 1.54) is 12.1 Å². The molecule has 0 saturated carbocycles. The lowest BCUT2D eigenvalue weighted by Gasteiger charge is -2.16. The zero-order chi connectivity index (χ0) is 25.9. The molecule has 0 atom stereocenters. The molecular formula is C26H19F3N2O3S2. The van der Waals surface area contributed by atoms with Crippen LogP contribution in [0, 0.1) is 6.92 Å². The van der Waals surface area contributed by atoms with E-state index in [0.29, 0.717) is 17.0 Å². The molecule has 4 rings (SSSR count). The fraction of sp³-hybridized carbons (Fsp3) is 0.115. The van der Waals surface area contributed by atoms with Gasteiger partial charge in [0.05, 0.1) is 16.2 Å². The van der Waals surface area contributed by atoms with Gasteiger partial charge in [-0.15, -0.1) is 0 Å². The van der Waals surface area contributed by atoms with E-state index >= 15 is 0 Å². The summed E-state index contributed by atoms with van der Waals surface area (Å²) in [5.41, 5.74) is 1.62. The second kappa shape index (κ2) is 10.5. The van der Waals surface area contributed by atoms with Gasteiger partial charge in [-0.1, -0.05) is 59.9 Å². The maximum atomic E-state index is 13.1. The molecule has 0 unspecified atom stereocenters. The van der Waals surface area contributed by atoms with E-state index in [9.17, 15) is 22.8 Å². The van der Waals surface area contributed by atoms with Gasteiger partial charge < -0.3 is 10.1 Å². The van der Waals surface area contributed by atoms with Gasteiger partial charge in [-0.05, 0) is 61.0 Å². The van der Waals surface area contributed by atoms with Crippen LogP contribution in [0.1, 0.15) is 16.7 Å². The number of carbonyl (C=O) groups is 2. The molecule has 0 spiro atoms. The molecule has 0 aromatic heterocycles. The number of rotatable bonds is 6. The van der Waals surface area contributed by atoms with E-state index < -0.39 is 17.6 Å². The molecule has 0 aliphatic carbocycles. The predicted molar refractivity (Wildman–Crippen MR) is 139 cm³/mol. The van der Waals surface area contributed by atoms with Crippen LogP contribution in [0.4, 0.5) is 24.5 Å². The van der Waals surface area contributed by atoms with Crippen molar-refractivity contribution in [1.82, 2.24) is 0 Å². The molecule has 10 heteroatoms. The van der Waals surface area contributed by atoms with Crippen molar-refractivity contribution in [3.05, 3.63) is 94.4 Å². The predicted octanol–water partition coefficient (Wildman–Crippen LogP) is 6.44. The standard InChI is InChI=1S/C26H19F3N2O3S2/c1-16-5-9-19(10-6-16)30-23(32)15-34-21-11-7-17(8-12-21)13-22-24(33)31(25(35)36-22)20-4-2-3-18(14-20)26(27,28)29/h2-14H,15H2,1H3,(H,30,32)/b22-13-. The summed E-state index contributed by atoms with van der Waals surface area (Å²) in [6.45, 7) is 1.78. The third-order valence-corrected chi connectivity index (χ3v) is 6.41. The molecule has 2 amide bonds. The van der Waals surface area contributed by atoms with Gasteiger partial charge >= 0.3 is 6.18 Å². The Labute approximate surface area is 214 Å². The largest absolute Gasteiger partial charge is 0.484 e. The second-order valence-electron chi connectivity index (χ2n) is 7.84. The Morgan fingerprint density at radius 2 is 1.78 bits per heavy atom. The van der Waals surface area contributed by atoms with E-state index in [-0.39, 0.29) is 27.4 Å². The first kappa shape index (κ1) is 25.5. The average Bonchev–Trinajstić information content (AvgIpc) is 3.12. The number of thiocarbonyl (C=S) groups is 1. The highest BCUT2D eigenvalue weighted by Crippen LogP contribution is 2.38. The van der Waals surface area contributed by atoms with Crippen LogP contribution in [-0.4, -0.2) is 22.7 Å². The number of amides is 2. The SMILES string of the molecule is Cc1ccc(NC(=O)COc2ccc(/C=C3\SC(=S)N(c4cccc(C(F)(F)F)c4)C3=O)cc2)cc1. The molecule has 184 valence electrons. The van der Waals surface area contributed by atoms with Crippen LogP contribution in [0.25, 0.3) is 6.08 Å². The minimum Gasteiger partial charge on any atom is -0.484 e. The Hall–Kier alpha value is -3.63. The highest BCUT2D eigenvalue weighted by molar-refractivity contribution is 8.27. The molecule has 1 N–H and O–H groups in total. The van der Waals surface area contributed by atoms with Crippen molar-refractivity contribution in [3.8, 4) is 5.75 Å². The highest BCUT2D eigenvalue weighted by atomic mass is 32.2. The molecular weight excluding hydrogens is 509 g/mol. The monoisotopic (exact) mass is 528 g/mol. The van der Waals surface area contributed by atoms with Crippen LogP contribution >= 0.6 is 24.0 Å². The Balaban J connectivity index is 1.39. The number of aryl methyl sites for hydroxylation is 1. The van der Waals surface area contributed by atoms with Crippen molar-refractivity contribution < 1.29 is 27.5 Å². The maximum Gasteiger partial charge on any atom is 0.416 e. The first-order chi connectivity index (χ1) is 17.1. The van der Waals surface area contributed by atoms with Crippen molar-refractivity contribution in [3.63, 3.8) is 0 Å². The van der Waals surface area contributed by atoms with E-state index in [0.717, 1.165) is 34.4 Å². The molecule has 36 heavy (non-hydrogen) atoms. The van der Waals surface area contributed by atoms with Gasteiger partial charge in [0.2, 0.25) is 0 Å². The number of nitrogens with zero attached hydrogens (tertiary/aromatic N) is 1. The fourth-order valence-electron chi connectivity index (χ4n) is 3.31. The second-order valence-corrected chi connectivity index (χ2v) is 9.51. The number of nitrogens with one attached hydrogen (secondary N) is 1. The minimum atomic E-state index is -4.53. The number of halogens is 3. The van der Waals surface area contributed by atoms with Gasteiger partial charge in [-0.25, -0.2) is 0 Å². The van der Waals surface area contributed by atoms with E-state index in [1.807, 2.05) is 19.1 Å². The molecule has 0 bridgehead atoms. The number of alkyl halides is 3. The summed E-state index contributed by atoms with van der Waals surface area (Å²) in [6.07, 6.45) is -2.93. The summed E-state index contributed by atoms with van der Waals surface area (Å²) in [4.78, 5) is 26.4. The Bertz CT molecular complexity index is 1340. The summed E-state index contributed by atoms with van der Waals surface area (Å²) in [7, 11) is 0. The molecule has 3 aromatic rings. The van der Waals surface area contributed by atoms with Gasteiger partial charge in [-0.2, -0.15) is 13.2 Å². The van der Waals surface area contributed by atoms with E-state index in [1.54, 1.807) is 42.5 Å².